The molecule has 1 saturated carbocycles. The lowest BCUT2D eigenvalue weighted by Gasteiger charge is -2.28. The number of anilines is 1. The van der Waals surface area contributed by atoms with E-state index in [2.05, 4.69) is 20.9 Å². The number of nitrogens with two attached hydrogens (primary N) is 1. The summed E-state index contributed by atoms with van der Waals surface area (Å²) in [5.74, 6) is 0.658. The molecule has 1 aliphatic carbocycles. The molecular formula is C28H34N6O4. The smallest absolute Gasteiger partial charge is 0.404 e. The van der Waals surface area contributed by atoms with Crippen LogP contribution >= 0.6 is 0 Å². The summed E-state index contributed by atoms with van der Waals surface area (Å²) in [6, 6.07) is 12.4. The summed E-state index contributed by atoms with van der Waals surface area (Å²) < 4.78 is 0. The van der Waals surface area contributed by atoms with Crippen LogP contribution in [0.1, 0.15) is 49.4 Å². The Bertz CT molecular complexity index is 1290. The third-order valence-corrected chi connectivity index (χ3v) is 7.15. The number of carbonyl (C=O) groups is 3. The molecule has 0 unspecified atom stereocenters. The monoisotopic (exact) mass is 518 g/mol. The van der Waals surface area contributed by atoms with E-state index in [-0.39, 0.29) is 5.91 Å². The summed E-state index contributed by atoms with van der Waals surface area (Å²) in [7, 11) is 0. The van der Waals surface area contributed by atoms with Crippen LogP contribution in [-0.2, 0) is 4.79 Å². The molecule has 6 N–H and O–H groups in total. The fourth-order valence-electron chi connectivity index (χ4n) is 4.90. The summed E-state index contributed by atoms with van der Waals surface area (Å²) in [6.07, 6.45) is 5.02. The molecule has 2 heterocycles. The molecule has 1 aromatic carbocycles. The van der Waals surface area contributed by atoms with Crippen molar-refractivity contribution in [2.45, 2.75) is 45.1 Å². The van der Waals surface area contributed by atoms with Gasteiger partial charge in [-0.2, -0.15) is 0 Å². The number of fused-ring (bicyclic) bond motifs is 1. The number of amides is 3. The molecule has 10 heteroatoms. The number of para-hydroxylation sites is 1. The van der Waals surface area contributed by atoms with E-state index in [0.29, 0.717) is 53.9 Å². The Labute approximate surface area is 221 Å². The fraction of sp³-hybridized carbons (Fsp3) is 0.393. The molecule has 1 fully saturated rings. The van der Waals surface area contributed by atoms with E-state index in [4.69, 9.17) is 15.8 Å². The number of aromatic nitrogens is 2. The Hall–Kier alpha value is -4.21. The minimum Gasteiger partial charge on any atom is -0.465 e. The van der Waals surface area contributed by atoms with Crippen molar-refractivity contribution in [2.75, 3.05) is 18.4 Å². The minimum atomic E-state index is -0.986. The maximum absolute atomic E-state index is 13.3. The van der Waals surface area contributed by atoms with Crippen LogP contribution in [0.5, 0.6) is 0 Å². The summed E-state index contributed by atoms with van der Waals surface area (Å²) in [6.45, 7) is 2.92. The number of carbonyl (C=O) groups excluding carboxylic acids is 2. The van der Waals surface area contributed by atoms with E-state index in [0.717, 1.165) is 36.6 Å². The van der Waals surface area contributed by atoms with Crippen LogP contribution in [0.4, 0.5) is 10.6 Å². The topological polar surface area (TPSA) is 159 Å². The third-order valence-electron chi connectivity index (χ3n) is 7.15. The first kappa shape index (κ1) is 26.8. The number of rotatable bonds is 10. The Balaban J connectivity index is 1.46. The fourth-order valence-corrected chi connectivity index (χ4v) is 4.90. The predicted octanol–water partition coefficient (Wildman–Crippen LogP) is 3.78. The van der Waals surface area contributed by atoms with Crippen molar-refractivity contribution in [3.8, 4) is 11.3 Å². The third kappa shape index (κ3) is 6.76. The highest BCUT2D eigenvalue weighted by molar-refractivity contribution is 6.07. The van der Waals surface area contributed by atoms with E-state index in [1.54, 1.807) is 18.3 Å². The molecule has 200 valence electrons. The standard InChI is InChI=1S/C28H34N6O4/c1-2-22(26(29)35)34-25-12-11-19(16-30-25)24-13-21(20-5-3-4-6-23(20)33-24)27(36)31-14-17-7-9-18(10-8-17)15-32-28(37)38/h3-6,11-13,16-18,22,32H,2,7-10,14-15H2,1H3,(H2,29,35)(H,30,34)(H,31,36)(H,37,38)/t17-,18-,22-/m0/s1. The van der Waals surface area contributed by atoms with Gasteiger partial charge in [0.05, 0.1) is 16.8 Å². The Kier molecular flexibility index (Phi) is 8.73. The van der Waals surface area contributed by atoms with Gasteiger partial charge in [0.15, 0.2) is 0 Å². The molecule has 0 aliphatic heterocycles. The molecule has 2 aromatic heterocycles. The van der Waals surface area contributed by atoms with Gasteiger partial charge in [0.25, 0.3) is 5.91 Å². The Morgan fingerprint density at radius 1 is 1.03 bits per heavy atom. The molecular weight excluding hydrogens is 484 g/mol. The van der Waals surface area contributed by atoms with E-state index in [1.165, 1.54) is 0 Å². The Morgan fingerprint density at radius 3 is 2.32 bits per heavy atom. The van der Waals surface area contributed by atoms with Crippen LogP contribution in [0.2, 0.25) is 0 Å². The number of hydrogen-bond donors (Lipinski definition) is 5. The van der Waals surface area contributed by atoms with Crippen molar-refractivity contribution in [3.05, 3.63) is 54.2 Å². The lowest BCUT2D eigenvalue weighted by Crippen LogP contribution is -2.34. The molecule has 0 bridgehead atoms. The van der Waals surface area contributed by atoms with Gasteiger partial charge in [0, 0.05) is 30.2 Å². The van der Waals surface area contributed by atoms with Gasteiger partial charge in [-0.1, -0.05) is 25.1 Å². The van der Waals surface area contributed by atoms with E-state index in [1.807, 2.05) is 37.3 Å². The lowest BCUT2D eigenvalue weighted by molar-refractivity contribution is -0.118. The first-order valence-electron chi connectivity index (χ1n) is 13.0. The maximum atomic E-state index is 13.3. The summed E-state index contributed by atoms with van der Waals surface area (Å²) in [4.78, 5) is 44.7. The van der Waals surface area contributed by atoms with Gasteiger partial charge in [-0.15, -0.1) is 0 Å². The zero-order valence-corrected chi connectivity index (χ0v) is 21.4. The molecule has 38 heavy (non-hydrogen) atoms. The zero-order valence-electron chi connectivity index (χ0n) is 21.4. The normalized spacial score (nSPS) is 17.9. The first-order chi connectivity index (χ1) is 18.3. The van der Waals surface area contributed by atoms with Crippen molar-refractivity contribution in [1.29, 1.82) is 0 Å². The molecule has 4 rings (SSSR count). The van der Waals surface area contributed by atoms with E-state index in [9.17, 15) is 14.4 Å². The number of pyridine rings is 2. The molecule has 10 nitrogen and oxygen atoms in total. The second kappa shape index (κ2) is 12.4. The number of primary amides is 1. The van der Waals surface area contributed by atoms with Gasteiger partial charge in [-0.05, 0) is 68.2 Å². The van der Waals surface area contributed by atoms with Gasteiger partial charge < -0.3 is 26.8 Å². The second-order valence-electron chi connectivity index (χ2n) is 9.79. The highest BCUT2D eigenvalue weighted by Crippen LogP contribution is 2.29. The molecule has 0 saturated heterocycles. The van der Waals surface area contributed by atoms with Crippen LogP contribution in [0, 0.1) is 11.8 Å². The Morgan fingerprint density at radius 2 is 1.71 bits per heavy atom. The van der Waals surface area contributed by atoms with Gasteiger partial charge in [0.2, 0.25) is 5.91 Å². The van der Waals surface area contributed by atoms with Gasteiger partial charge in [0.1, 0.15) is 11.9 Å². The van der Waals surface area contributed by atoms with E-state index >= 15 is 0 Å². The molecule has 0 spiro atoms. The van der Waals surface area contributed by atoms with Crippen molar-refractivity contribution in [1.82, 2.24) is 20.6 Å². The van der Waals surface area contributed by atoms with Crippen LogP contribution in [-0.4, -0.2) is 52.1 Å². The van der Waals surface area contributed by atoms with Crippen LogP contribution in [0.15, 0.2) is 48.7 Å². The minimum absolute atomic E-state index is 0.155. The average molecular weight is 519 g/mol. The molecule has 0 radical (unpaired) electrons. The number of carboxylic acid groups (broad SMARTS) is 1. The SMILES string of the molecule is CC[C@H](Nc1ccc(-c2cc(C(=O)NC[C@H]3CC[C@H](CNC(=O)O)CC3)c3ccccc3n2)cn1)C(N)=O. The van der Waals surface area contributed by atoms with Crippen LogP contribution in [0.3, 0.4) is 0 Å². The predicted molar refractivity (Wildman–Crippen MR) is 146 cm³/mol. The van der Waals surface area contributed by atoms with Crippen molar-refractivity contribution in [3.63, 3.8) is 0 Å². The molecule has 3 amide bonds. The largest absolute Gasteiger partial charge is 0.465 e. The maximum Gasteiger partial charge on any atom is 0.404 e. The highest BCUT2D eigenvalue weighted by Gasteiger charge is 2.23. The van der Waals surface area contributed by atoms with Gasteiger partial charge in [-0.3, -0.25) is 9.59 Å². The number of benzene rings is 1. The van der Waals surface area contributed by atoms with Crippen molar-refractivity contribution in [2.24, 2.45) is 17.6 Å². The summed E-state index contributed by atoms with van der Waals surface area (Å²) >= 11 is 0. The number of nitrogens with one attached hydrogen (secondary N) is 3. The first-order valence-corrected chi connectivity index (χ1v) is 13.0. The molecule has 1 atom stereocenters. The average Bonchev–Trinajstić information content (AvgIpc) is 2.93. The summed E-state index contributed by atoms with van der Waals surface area (Å²) in [5.41, 5.74) is 8.05. The molecule has 3 aromatic rings. The van der Waals surface area contributed by atoms with Gasteiger partial charge in [-0.25, -0.2) is 14.8 Å². The second-order valence-corrected chi connectivity index (χ2v) is 9.79. The van der Waals surface area contributed by atoms with Gasteiger partial charge >= 0.3 is 6.09 Å². The highest BCUT2D eigenvalue weighted by atomic mass is 16.4. The van der Waals surface area contributed by atoms with Crippen LogP contribution < -0.4 is 21.7 Å². The van der Waals surface area contributed by atoms with E-state index < -0.39 is 18.0 Å². The molecule has 1 aliphatic rings. The lowest BCUT2D eigenvalue weighted by atomic mass is 9.82. The van der Waals surface area contributed by atoms with Crippen molar-refractivity contribution < 1.29 is 19.5 Å². The number of nitrogens with zero attached hydrogens (tertiary/aromatic N) is 2. The summed E-state index contributed by atoms with van der Waals surface area (Å²) in [5, 5.41) is 18.2. The zero-order chi connectivity index (χ0) is 27.1. The van der Waals surface area contributed by atoms with Crippen LogP contribution in [0.25, 0.3) is 22.2 Å². The number of hydrogen-bond acceptors (Lipinski definition) is 6. The van der Waals surface area contributed by atoms with Crippen molar-refractivity contribution >= 4 is 34.6 Å². The quantitative estimate of drug-likeness (QED) is 0.273.